The maximum Gasteiger partial charge on any atom is 0.172 e. The maximum atomic E-state index is 13.0. The summed E-state index contributed by atoms with van der Waals surface area (Å²) in [5.41, 5.74) is 2.14. The molecule has 0 aliphatic carbocycles. The van der Waals surface area contributed by atoms with E-state index in [1.165, 1.54) is 0 Å². The molecule has 122 valence electrons. The molecule has 1 aromatic carbocycles. The molecule has 0 aliphatic heterocycles. The van der Waals surface area contributed by atoms with Crippen molar-refractivity contribution in [1.29, 1.82) is 0 Å². The molecular formula is C18H21BN4O. The molecule has 0 saturated carbocycles. The molecule has 2 heterocycles. The van der Waals surface area contributed by atoms with Crippen LogP contribution in [-0.4, -0.2) is 27.2 Å². The fraction of sp³-hybridized carbons (Fsp3) is 0.278. The number of carbonyl (C=O) groups is 1. The summed E-state index contributed by atoms with van der Waals surface area (Å²) in [6, 6.07) is 10.1. The summed E-state index contributed by atoms with van der Waals surface area (Å²) in [4.78, 5) is 17.3. The Balaban J connectivity index is 1.91. The molecule has 1 unspecified atom stereocenters. The number of aryl methyl sites for hydroxylation is 3. The van der Waals surface area contributed by atoms with Crippen LogP contribution in [0.15, 0.2) is 55.1 Å². The van der Waals surface area contributed by atoms with Crippen molar-refractivity contribution in [2.24, 2.45) is 21.1 Å². The second-order valence-corrected chi connectivity index (χ2v) is 6.07. The zero-order valence-corrected chi connectivity index (χ0v) is 14.3. The van der Waals surface area contributed by atoms with Gasteiger partial charge in [0.15, 0.2) is 11.6 Å². The van der Waals surface area contributed by atoms with E-state index in [-0.39, 0.29) is 11.6 Å². The van der Waals surface area contributed by atoms with Gasteiger partial charge in [0.25, 0.3) is 0 Å². The third-order valence-electron chi connectivity index (χ3n) is 4.26. The number of hydrogen-bond acceptors (Lipinski definition) is 2. The van der Waals surface area contributed by atoms with Crippen LogP contribution in [0.2, 0.25) is 5.82 Å². The number of aromatic nitrogens is 4. The minimum Gasteiger partial charge on any atom is -0.332 e. The van der Waals surface area contributed by atoms with Crippen LogP contribution >= 0.6 is 0 Å². The quantitative estimate of drug-likeness (QED) is 0.384. The van der Waals surface area contributed by atoms with Crippen molar-refractivity contribution in [3.8, 4) is 0 Å². The summed E-state index contributed by atoms with van der Waals surface area (Å²) < 4.78 is 5.81. The van der Waals surface area contributed by atoms with E-state index in [0.717, 1.165) is 11.3 Å². The Labute approximate surface area is 142 Å². The summed E-state index contributed by atoms with van der Waals surface area (Å²) in [5, 5.41) is 0. The van der Waals surface area contributed by atoms with Crippen LogP contribution in [0.4, 0.5) is 0 Å². The number of rotatable bonds is 6. The molecule has 3 aromatic rings. The molecule has 0 bridgehead atoms. The highest BCUT2D eigenvalue weighted by molar-refractivity contribution is 6.57. The van der Waals surface area contributed by atoms with Crippen molar-refractivity contribution in [3.63, 3.8) is 0 Å². The topological polar surface area (TPSA) is 43.7 Å². The third kappa shape index (κ3) is 3.32. The number of ketones is 1. The standard InChI is InChI=1S/C18H21BN4O/c1-21-10-9-20-17(21)16(24)15(13-14-7-5-4-6-8-14)19-18-22(2)11-12-23(18)3/h4-12,15H,13H2,1-3H3. The lowest BCUT2D eigenvalue weighted by Crippen LogP contribution is -2.51. The predicted octanol–water partition coefficient (Wildman–Crippen LogP) is 0.827. The lowest BCUT2D eigenvalue weighted by molar-refractivity contribution is -0.653. The fourth-order valence-corrected chi connectivity index (χ4v) is 2.88. The van der Waals surface area contributed by atoms with Crippen molar-refractivity contribution >= 4 is 18.8 Å². The molecule has 2 aromatic heterocycles. The van der Waals surface area contributed by atoms with E-state index >= 15 is 0 Å². The molecule has 0 amide bonds. The third-order valence-corrected chi connectivity index (χ3v) is 4.26. The Morgan fingerprint density at radius 2 is 1.96 bits per heavy atom. The molecule has 3 rings (SSSR count). The van der Waals surface area contributed by atoms with Gasteiger partial charge in [-0.3, -0.25) is 13.9 Å². The number of Topliss-reactive ketones (excluding diaryl/α,β-unsaturated/α-hetero) is 1. The van der Waals surface area contributed by atoms with E-state index in [1.54, 1.807) is 17.0 Å². The molecule has 0 N–H and O–H groups in total. The van der Waals surface area contributed by atoms with Gasteiger partial charge in [-0.15, -0.1) is 5.82 Å². The average Bonchev–Trinajstić information content (AvgIpc) is 3.14. The van der Waals surface area contributed by atoms with Gasteiger partial charge in [-0.2, -0.15) is 7.28 Å². The van der Waals surface area contributed by atoms with Crippen LogP contribution in [-0.2, 0) is 27.6 Å². The minimum atomic E-state index is -0.270. The van der Waals surface area contributed by atoms with E-state index < -0.39 is 0 Å². The van der Waals surface area contributed by atoms with Crippen molar-refractivity contribution < 1.29 is 9.36 Å². The Bertz CT molecular complexity index is 818. The van der Waals surface area contributed by atoms with Crippen LogP contribution in [0, 0.1) is 0 Å². The molecule has 0 aliphatic rings. The predicted molar refractivity (Wildman–Crippen MR) is 93.4 cm³/mol. The molecule has 1 atom stereocenters. The van der Waals surface area contributed by atoms with E-state index in [4.69, 9.17) is 0 Å². The Morgan fingerprint density at radius 1 is 1.21 bits per heavy atom. The van der Waals surface area contributed by atoms with E-state index in [9.17, 15) is 4.79 Å². The van der Waals surface area contributed by atoms with Crippen molar-refractivity contribution in [2.75, 3.05) is 0 Å². The number of imidazole rings is 2. The summed E-state index contributed by atoms with van der Waals surface area (Å²) in [7, 11) is 7.85. The van der Waals surface area contributed by atoms with Crippen LogP contribution < -0.4 is 10.3 Å². The van der Waals surface area contributed by atoms with Crippen molar-refractivity contribution in [3.05, 3.63) is 66.5 Å². The van der Waals surface area contributed by atoms with Gasteiger partial charge in [0.1, 0.15) is 12.4 Å². The summed E-state index contributed by atoms with van der Waals surface area (Å²) in [6.07, 6.45) is 8.08. The number of hydrogen-bond donors (Lipinski definition) is 0. The molecule has 5 nitrogen and oxygen atoms in total. The summed E-state index contributed by atoms with van der Waals surface area (Å²) in [6.45, 7) is 0. The number of benzene rings is 1. The van der Waals surface area contributed by atoms with Gasteiger partial charge >= 0.3 is 0 Å². The van der Waals surface area contributed by atoms with Crippen LogP contribution in [0.25, 0.3) is 0 Å². The van der Waals surface area contributed by atoms with Gasteiger partial charge in [-0.05, 0) is 0 Å². The normalized spacial score (nSPS) is 12.3. The fourth-order valence-electron chi connectivity index (χ4n) is 2.88. The largest absolute Gasteiger partial charge is 0.332 e. The highest BCUT2D eigenvalue weighted by atomic mass is 16.1. The van der Waals surface area contributed by atoms with Gasteiger partial charge in [0.05, 0.1) is 14.1 Å². The first kappa shape index (κ1) is 16.2. The van der Waals surface area contributed by atoms with Gasteiger partial charge in [-0.25, -0.2) is 4.98 Å². The van der Waals surface area contributed by atoms with E-state index in [1.807, 2.05) is 68.1 Å². The van der Waals surface area contributed by atoms with Crippen LogP contribution in [0.3, 0.4) is 0 Å². The lowest BCUT2D eigenvalue weighted by Gasteiger charge is -2.25. The SMILES string of the molecule is Cn1ccnc1C(=O)C([B-]c1n(C)cc[n+]1C)Cc1ccccc1. The molecular weight excluding hydrogens is 299 g/mol. The molecule has 0 spiro atoms. The first-order chi connectivity index (χ1) is 11.6. The number of nitrogens with zero attached hydrogens (tertiary/aromatic N) is 4. The monoisotopic (exact) mass is 320 g/mol. The van der Waals surface area contributed by atoms with Crippen molar-refractivity contribution in [2.45, 2.75) is 12.2 Å². The second kappa shape index (κ2) is 6.87. The van der Waals surface area contributed by atoms with Crippen molar-refractivity contribution in [1.82, 2.24) is 14.1 Å². The lowest BCUT2D eigenvalue weighted by atomic mass is 9.59. The van der Waals surface area contributed by atoms with Crippen LogP contribution in [0.1, 0.15) is 16.2 Å². The maximum absolute atomic E-state index is 13.0. The van der Waals surface area contributed by atoms with Crippen LogP contribution in [0.5, 0.6) is 0 Å². The highest BCUT2D eigenvalue weighted by Gasteiger charge is 2.18. The Kier molecular flexibility index (Phi) is 4.65. The Hall–Kier alpha value is -2.63. The molecule has 0 fully saturated rings. The zero-order valence-electron chi connectivity index (χ0n) is 14.3. The first-order valence-electron chi connectivity index (χ1n) is 7.97. The van der Waals surface area contributed by atoms with E-state index in [0.29, 0.717) is 12.2 Å². The molecule has 0 saturated heterocycles. The van der Waals surface area contributed by atoms with Gasteiger partial charge in [0, 0.05) is 25.2 Å². The minimum absolute atomic E-state index is 0.0348. The van der Waals surface area contributed by atoms with E-state index in [2.05, 4.69) is 17.1 Å². The second-order valence-electron chi connectivity index (χ2n) is 6.07. The molecule has 24 heavy (non-hydrogen) atoms. The average molecular weight is 320 g/mol. The zero-order chi connectivity index (χ0) is 17.1. The van der Waals surface area contributed by atoms with Gasteiger partial charge in [0.2, 0.25) is 0 Å². The molecule has 6 heteroatoms. The Morgan fingerprint density at radius 3 is 2.54 bits per heavy atom. The first-order valence-corrected chi connectivity index (χ1v) is 7.97. The number of carbonyl (C=O) groups excluding carboxylic acids is 1. The summed E-state index contributed by atoms with van der Waals surface area (Å²) >= 11 is 0. The highest BCUT2D eigenvalue weighted by Crippen LogP contribution is 2.18. The smallest absolute Gasteiger partial charge is 0.172 e. The van der Waals surface area contributed by atoms with Gasteiger partial charge in [-0.1, -0.05) is 42.3 Å². The van der Waals surface area contributed by atoms with Gasteiger partial charge < -0.3 is 4.57 Å². The summed E-state index contributed by atoms with van der Waals surface area (Å²) in [5.74, 6) is 0.255. The molecule has 2 radical (unpaired) electrons.